The molecule has 2 rings (SSSR count). The van der Waals surface area contributed by atoms with Gasteiger partial charge in [-0.05, 0) is 25.2 Å². The van der Waals surface area contributed by atoms with Crippen LogP contribution in [-0.4, -0.2) is 12.0 Å². The van der Waals surface area contributed by atoms with Gasteiger partial charge in [0.2, 0.25) is 5.89 Å². The quantitative estimate of drug-likeness (QED) is 0.943. The summed E-state index contributed by atoms with van der Waals surface area (Å²) in [5.74, 6) is 1.36. The SMILES string of the molecule is CNCc1ncc(-c2cc(Cl)ccc2Br)o1. The van der Waals surface area contributed by atoms with Gasteiger partial charge >= 0.3 is 0 Å². The maximum atomic E-state index is 5.94. The summed E-state index contributed by atoms with van der Waals surface area (Å²) in [6.45, 7) is 0.609. The number of aromatic nitrogens is 1. The lowest BCUT2D eigenvalue weighted by atomic mass is 10.2. The second kappa shape index (κ2) is 4.99. The summed E-state index contributed by atoms with van der Waals surface area (Å²) in [5.41, 5.74) is 0.905. The van der Waals surface area contributed by atoms with Crippen LogP contribution in [0.3, 0.4) is 0 Å². The molecule has 1 N–H and O–H groups in total. The molecule has 1 heterocycles. The Morgan fingerprint density at radius 1 is 1.50 bits per heavy atom. The Kier molecular flexibility index (Phi) is 3.63. The van der Waals surface area contributed by atoms with Crippen molar-refractivity contribution in [3.8, 4) is 11.3 Å². The molecule has 0 saturated heterocycles. The second-order valence-corrected chi connectivity index (χ2v) is 4.56. The maximum Gasteiger partial charge on any atom is 0.208 e. The van der Waals surface area contributed by atoms with E-state index in [9.17, 15) is 0 Å². The fourth-order valence-corrected chi connectivity index (χ4v) is 1.97. The topological polar surface area (TPSA) is 38.1 Å². The van der Waals surface area contributed by atoms with Gasteiger partial charge in [-0.2, -0.15) is 0 Å². The first-order chi connectivity index (χ1) is 7.70. The van der Waals surface area contributed by atoms with Crippen LogP contribution in [0.25, 0.3) is 11.3 Å². The predicted molar refractivity (Wildman–Crippen MR) is 67.4 cm³/mol. The summed E-state index contributed by atoms with van der Waals surface area (Å²) < 4.78 is 6.52. The molecule has 0 aliphatic rings. The molecule has 3 nitrogen and oxygen atoms in total. The van der Waals surface area contributed by atoms with Gasteiger partial charge in [-0.25, -0.2) is 4.98 Å². The normalized spacial score (nSPS) is 10.7. The van der Waals surface area contributed by atoms with Crippen molar-refractivity contribution >= 4 is 27.5 Å². The second-order valence-electron chi connectivity index (χ2n) is 3.27. The average molecular weight is 302 g/mol. The molecule has 0 unspecified atom stereocenters. The molecule has 0 spiro atoms. The highest BCUT2D eigenvalue weighted by Gasteiger charge is 2.09. The number of nitrogens with one attached hydrogen (secondary N) is 1. The number of nitrogens with zero attached hydrogens (tertiary/aromatic N) is 1. The molecule has 0 aliphatic carbocycles. The maximum absolute atomic E-state index is 5.94. The molecule has 1 aromatic carbocycles. The van der Waals surface area contributed by atoms with E-state index in [1.165, 1.54) is 0 Å². The van der Waals surface area contributed by atoms with Gasteiger partial charge in [-0.1, -0.05) is 27.5 Å². The molecular weight excluding hydrogens is 291 g/mol. The van der Waals surface area contributed by atoms with Crippen LogP contribution in [-0.2, 0) is 6.54 Å². The Bertz CT molecular complexity index is 498. The smallest absolute Gasteiger partial charge is 0.208 e. The molecule has 84 valence electrons. The molecule has 0 radical (unpaired) electrons. The van der Waals surface area contributed by atoms with Crippen molar-refractivity contribution in [2.45, 2.75) is 6.54 Å². The van der Waals surface area contributed by atoms with Crippen molar-refractivity contribution in [3.05, 3.63) is 39.8 Å². The van der Waals surface area contributed by atoms with Crippen LogP contribution in [0.5, 0.6) is 0 Å². The van der Waals surface area contributed by atoms with Crippen molar-refractivity contribution in [2.24, 2.45) is 0 Å². The first-order valence-corrected chi connectivity index (χ1v) is 5.92. The lowest BCUT2D eigenvalue weighted by Crippen LogP contribution is -2.04. The standard InChI is InChI=1S/C11H10BrClN2O/c1-14-6-11-15-5-10(16-11)8-4-7(13)2-3-9(8)12/h2-5,14H,6H2,1H3. The third kappa shape index (κ3) is 2.45. The van der Waals surface area contributed by atoms with Crippen LogP contribution in [0.4, 0.5) is 0 Å². The van der Waals surface area contributed by atoms with Crippen LogP contribution in [0.2, 0.25) is 5.02 Å². The minimum absolute atomic E-state index is 0.609. The molecule has 2 aromatic rings. The molecule has 5 heteroatoms. The van der Waals surface area contributed by atoms with Crippen LogP contribution < -0.4 is 5.32 Å². The fraction of sp³-hybridized carbons (Fsp3) is 0.182. The van der Waals surface area contributed by atoms with Crippen LogP contribution in [0.15, 0.2) is 33.3 Å². The summed E-state index contributed by atoms with van der Waals surface area (Å²) in [4.78, 5) is 4.16. The summed E-state index contributed by atoms with van der Waals surface area (Å²) in [6.07, 6.45) is 1.70. The largest absolute Gasteiger partial charge is 0.439 e. The third-order valence-corrected chi connectivity index (χ3v) is 3.00. The summed E-state index contributed by atoms with van der Waals surface area (Å²) in [7, 11) is 1.85. The lowest BCUT2D eigenvalue weighted by molar-refractivity contribution is 0.491. The number of rotatable bonds is 3. The highest BCUT2D eigenvalue weighted by Crippen LogP contribution is 2.31. The zero-order valence-electron chi connectivity index (χ0n) is 8.63. The van der Waals surface area contributed by atoms with Crippen LogP contribution >= 0.6 is 27.5 Å². The summed E-state index contributed by atoms with van der Waals surface area (Å²) >= 11 is 9.39. The van der Waals surface area contributed by atoms with E-state index in [4.69, 9.17) is 16.0 Å². The molecule has 0 bridgehead atoms. The van der Waals surface area contributed by atoms with Crippen molar-refractivity contribution in [1.82, 2.24) is 10.3 Å². The highest BCUT2D eigenvalue weighted by atomic mass is 79.9. The minimum atomic E-state index is 0.609. The molecule has 0 amide bonds. The Labute approximate surface area is 107 Å². The van der Waals surface area contributed by atoms with Crippen molar-refractivity contribution in [3.63, 3.8) is 0 Å². The summed E-state index contributed by atoms with van der Waals surface area (Å²) in [6, 6.07) is 5.55. The fourth-order valence-electron chi connectivity index (χ4n) is 1.35. The first kappa shape index (κ1) is 11.6. The summed E-state index contributed by atoms with van der Waals surface area (Å²) in [5, 5.41) is 3.65. The van der Waals surface area contributed by atoms with Crippen LogP contribution in [0.1, 0.15) is 5.89 Å². The first-order valence-electron chi connectivity index (χ1n) is 4.75. The Balaban J connectivity index is 2.38. The van der Waals surface area contributed by atoms with Gasteiger partial charge in [0.25, 0.3) is 0 Å². The van der Waals surface area contributed by atoms with Gasteiger partial charge in [0.1, 0.15) is 0 Å². The van der Waals surface area contributed by atoms with Crippen molar-refractivity contribution in [1.29, 1.82) is 0 Å². The monoisotopic (exact) mass is 300 g/mol. The van der Waals surface area contributed by atoms with E-state index in [1.54, 1.807) is 6.20 Å². The molecule has 0 aliphatic heterocycles. The van der Waals surface area contributed by atoms with E-state index in [0.29, 0.717) is 23.2 Å². The van der Waals surface area contributed by atoms with Gasteiger partial charge < -0.3 is 9.73 Å². The van der Waals surface area contributed by atoms with E-state index < -0.39 is 0 Å². The third-order valence-electron chi connectivity index (χ3n) is 2.08. The Morgan fingerprint density at radius 3 is 3.06 bits per heavy atom. The molecule has 1 aromatic heterocycles. The zero-order chi connectivity index (χ0) is 11.5. The molecular formula is C11H10BrClN2O. The van der Waals surface area contributed by atoms with Crippen LogP contribution in [0, 0.1) is 0 Å². The average Bonchev–Trinajstić information content (AvgIpc) is 2.71. The number of oxazole rings is 1. The molecule has 0 fully saturated rings. The Hall–Kier alpha value is -0.840. The number of halogens is 2. The van der Waals surface area contributed by atoms with Crippen molar-refractivity contribution in [2.75, 3.05) is 7.05 Å². The molecule has 16 heavy (non-hydrogen) atoms. The van der Waals surface area contributed by atoms with Gasteiger partial charge in [0.15, 0.2) is 5.76 Å². The molecule has 0 saturated carbocycles. The Morgan fingerprint density at radius 2 is 2.31 bits per heavy atom. The van der Waals surface area contributed by atoms with Crippen molar-refractivity contribution < 1.29 is 4.42 Å². The van der Waals surface area contributed by atoms with E-state index >= 15 is 0 Å². The van der Waals surface area contributed by atoms with E-state index in [-0.39, 0.29) is 0 Å². The predicted octanol–water partition coefficient (Wildman–Crippen LogP) is 3.48. The number of hydrogen-bond acceptors (Lipinski definition) is 3. The number of hydrogen-bond donors (Lipinski definition) is 1. The van der Waals surface area contributed by atoms with E-state index in [2.05, 4.69) is 26.2 Å². The lowest BCUT2D eigenvalue weighted by Gasteiger charge is -2.00. The number of benzene rings is 1. The van der Waals surface area contributed by atoms with Gasteiger partial charge in [0.05, 0.1) is 12.7 Å². The van der Waals surface area contributed by atoms with Gasteiger partial charge in [0, 0.05) is 15.1 Å². The zero-order valence-corrected chi connectivity index (χ0v) is 11.0. The minimum Gasteiger partial charge on any atom is -0.439 e. The van der Waals surface area contributed by atoms with Gasteiger partial charge in [-0.15, -0.1) is 0 Å². The van der Waals surface area contributed by atoms with Gasteiger partial charge in [-0.3, -0.25) is 0 Å². The molecule has 0 atom stereocenters. The highest BCUT2D eigenvalue weighted by molar-refractivity contribution is 9.10. The van der Waals surface area contributed by atoms with E-state index in [1.807, 2.05) is 25.2 Å². The van der Waals surface area contributed by atoms with E-state index in [0.717, 1.165) is 10.0 Å².